The van der Waals surface area contributed by atoms with Crippen molar-refractivity contribution >= 4 is 11.9 Å². The van der Waals surface area contributed by atoms with Crippen molar-refractivity contribution in [1.82, 2.24) is 20.2 Å². The summed E-state index contributed by atoms with van der Waals surface area (Å²) >= 11 is 0. The third-order valence-electron chi connectivity index (χ3n) is 4.96. The first-order chi connectivity index (χ1) is 12.6. The monoisotopic (exact) mass is 357 g/mol. The molecule has 0 spiro atoms. The van der Waals surface area contributed by atoms with E-state index in [2.05, 4.69) is 20.8 Å². The summed E-state index contributed by atoms with van der Waals surface area (Å²) in [4.78, 5) is 13.0. The van der Waals surface area contributed by atoms with E-state index in [4.69, 9.17) is 4.74 Å². The average Bonchev–Trinajstić information content (AvgIpc) is 3.10. The summed E-state index contributed by atoms with van der Waals surface area (Å²) < 4.78 is 21.7. The second-order valence-electron chi connectivity index (χ2n) is 6.70. The van der Waals surface area contributed by atoms with Gasteiger partial charge in [0.2, 0.25) is 5.95 Å². The molecule has 0 bridgehead atoms. The Morgan fingerprint density at radius 3 is 2.81 bits per heavy atom. The topological polar surface area (TPSA) is 81.9 Å². The summed E-state index contributed by atoms with van der Waals surface area (Å²) in [7, 11) is 0. The fourth-order valence-corrected chi connectivity index (χ4v) is 3.66. The maximum absolute atomic E-state index is 14.5. The van der Waals surface area contributed by atoms with Crippen molar-refractivity contribution in [3.05, 3.63) is 46.9 Å². The van der Waals surface area contributed by atoms with Crippen LogP contribution in [0.2, 0.25) is 0 Å². The zero-order valence-corrected chi connectivity index (χ0v) is 14.5. The molecule has 4 rings (SSSR count). The van der Waals surface area contributed by atoms with E-state index in [1.807, 2.05) is 0 Å². The van der Waals surface area contributed by atoms with Gasteiger partial charge in [0.1, 0.15) is 18.0 Å². The van der Waals surface area contributed by atoms with Gasteiger partial charge in [-0.1, -0.05) is 29.7 Å². The minimum atomic E-state index is -0.765. The number of fused-ring (bicyclic) bond motifs is 1. The molecule has 0 radical (unpaired) electrons. The first-order valence-electron chi connectivity index (χ1n) is 8.86. The smallest absolute Gasteiger partial charge is 0.338 e. The van der Waals surface area contributed by atoms with Crippen LogP contribution in [0.3, 0.4) is 0 Å². The number of esters is 1. The normalized spacial score (nSPS) is 20.5. The van der Waals surface area contributed by atoms with E-state index >= 15 is 0 Å². The van der Waals surface area contributed by atoms with Crippen LogP contribution in [0, 0.1) is 5.82 Å². The minimum absolute atomic E-state index is 0.0897. The Bertz CT molecular complexity index is 857. The number of rotatable bonds is 3. The molecule has 136 valence electrons. The number of aromatic nitrogens is 4. The van der Waals surface area contributed by atoms with Gasteiger partial charge in [-0.3, -0.25) is 0 Å². The maximum Gasteiger partial charge on any atom is 0.338 e. The molecular formula is C18H20FN5O2. The Kier molecular flexibility index (Phi) is 4.40. The molecule has 0 unspecified atom stereocenters. The van der Waals surface area contributed by atoms with Crippen LogP contribution >= 0.6 is 0 Å². The van der Waals surface area contributed by atoms with Gasteiger partial charge < -0.3 is 10.1 Å². The zero-order chi connectivity index (χ0) is 18.1. The standard InChI is InChI=1S/C18H20FN5O2/c1-11-15(17(25)26-12-7-3-2-4-8-12)16(13-9-5-6-10-14(13)19)24-18(20-11)21-22-23-24/h5-6,9-10,12,16H,2-4,7-8H2,1H3,(H,20,21,23)/t16-/m1/s1. The van der Waals surface area contributed by atoms with Crippen LogP contribution < -0.4 is 5.32 Å². The highest BCUT2D eigenvalue weighted by atomic mass is 19.1. The lowest BCUT2D eigenvalue weighted by molar-refractivity contribution is -0.146. The highest BCUT2D eigenvalue weighted by Gasteiger charge is 2.37. The highest BCUT2D eigenvalue weighted by Crippen LogP contribution is 2.36. The van der Waals surface area contributed by atoms with Crippen LogP contribution in [0.15, 0.2) is 35.5 Å². The largest absolute Gasteiger partial charge is 0.459 e. The molecule has 8 heteroatoms. The Morgan fingerprint density at radius 2 is 2.04 bits per heavy atom. The molecule has 7 nitrogen and oxygen atoms in total. The Balaban J connectivity index is 1.72. The predicted octanol–water partition coefficient (Wildman–Crippen LogP) is 2.98. The zero-order valence-electron chi connectivity index (χ0n) is 14.5. The molecule has 0 amide bonds. The fraction of sp³-hybridized carbons (Fsp3) is 0.444. The summed E-state index contributed by atoms with van der Waals surface area (Å²) in [5.41, 5.74) is 1.24. The molecule has 1 fully saturated rings. The lowest BCUT2D eigenvalue weighted by atomic mass is 9.94. The Hall–Kier alpha value is -2.77. The molecule has 1 aliphatic carbocycles. The second-order valence-corrected chi connectivity index (χ2v) is 6.70. The van der Waals surface area contributed by atoms with Gasteiger partial charge in [0.15, 0.2) is 0 Å². The van der Waals surface area contributed by atoms with Crippen LogP contribution in [0.5, 0.6) is 0 Å². The first-order valence-corrected chi connectivity index (χ1v) is 8.86. The molecule has 1 atom stereocenters. The Labute approximate surface area is 150 Å². The van der Waals surface area contributed by atoms with Gasteiger partial charge in [0, 0.05) is 11.3 Å². The number of allylic oxidation sites excluding steroid dienone is 1. The van der Waals surface area contributed by atoms with Crippen LogP contribution in [-0.4, -0.2) is 32.3 Å². The van der Waals surface area contributed by atoms with Crippen LogP contribution in [-0.2, 0) is 9.53 Å². The minimum Gasteiger partial charge on any atom is -0.459 e. The van der Waals surface area contributed by atoms with Crippen molar-refractivity contribution in [1.29, 1.82) is 0 Å². The van der Waals surface area contributed by atoms with Gasteiger partial charge in [-0.05, 0) is 49.1 Å². The molecule has 2 aliphatic rings. The molecule has 1 aromatic carbocycles. The van der Waals surface area contributed by atoms with Crippen molar-refractivity contribution in [3.8, 4) is 0 Å². The van der Waals surface area contributed by atoms with E-state index in [1.165, 1.54) is 17.2 Å². The molecule has 1 N–H and O–H groups in total. The van der Waals surface area contributed by atoms with E-state index in [-0.39, 0.29) is 6.10 Å². The third kappa shape index (κ3) is 2.95. The predicted molar refractivity (Wildman–Crippen MR) is 91.6 cm³/mol. The van der Waals surface area contributed by atoms with Crippen molar-refractivity contribution < 1.29 is 13.9 Å². The molecule has 1 aliphatic heterocycles. The lowest BCUT2D eigenvalue weighted by Crippen LogP contribution is -2.32. The number of halogens is 1. The molecule has 2 aromatic rings. The van der Waals surface area contributed by atoms with E-state index in [0.717, 1.165) is 25.7 Å². The number of hydrogen-bond acceptors (Lipinski definition) is 6. The maximum atomic E-state index is 14.5. The van der Waals surface area contributed by atoms with Gasteiger partial charge in [0.05, 0.1) is 5.57 Å². The van der Waals surface area contributed by atoms with Gasteiger partial charge in [-0.15, -0.1) is 0 Å². The quantitative estimate of drug-likeness (QED) is 0.851. The van der Waals surface area contributed by atoms with Crippen LogP contribution in [0.1, 0.15) is 50.6 Å². The van der Waals surface area contributed by atoms with Crippen LogP contribution in [0.4, 0.5) is 10.3 Å². The Morgan fingerprint density at radius 1 is 1.27 bits per heavy atom. The average molecular weight is 357 g/mol. The summed E-state index contributed by atoms with van der Waals surface area (Å²) in [6.45, 7) is 1.75. The molecule has 1 aromatic heterocycles. The summed E-state index contributed by atoms with van der Waals surface area (Å²) in [5, 5.41) is 14.5. The first kappa shape index (κ1) is 16.7. The lowest BCUT2D eigenvalue weighted by Gasteiger charge is -2.29. The van der Waals surface area contributed by atoms with Crippen molar-refractivity contribution in [2.45, 2.75) is 51.2 Å². The summed E-state index contributed by atoms with van der Waals surface area (Å²) in [6.07, 6.45) is 4.93. The van der Waals surface area contributed by atoms with Gasteiger partial charge >= 0.3 is 5.97 Å². The number of nitrogens with zero attached hydrogens (tertiary/aromatic N) is 4. The molecule has 1 saturated carbocycles. The third-order valence-corrected chi connectivity index (χ3v) is 4.96. The van der Waals surface area contributed by atoms with E-state index in [1.54, 1.807) is 25.1 Å². The van der Waals surface area contributed by atoms with Crippen molar-refractivity contribution in [3.63, 3.8) is 0 Å². The molecule has 0 saturated heterocycles. The number of tetrazole rings is 1. The van der Waals surface area contributed by atoms with Gasteiger partial charge in [-0.25, -0.2) is 9.18 Å². The van der Waals surface area contributed by atoms with Crippen LogP contribution in [0.25, 0.3) is 0 Å². The van der Waals surface area contributed by atoms with E-state index in [9.17, 15) is 9.18 Å². The summed E-state index contributed by atoms with van der Waals surface area (Å²) in [5.74, 6) is -0.502. The van der Waals surface area contributed by atoms with Crippen molar-refractivity contribution in [2.24, 2.45) is 0 Å². The number of nitrogens with one attached hydrogen (secondary N) is 1. The number of benzene rings is 1. The van der Waals surface area contributed by atoms with Gasteiger partial charge in [-0.2, -0.15) is 4.68 Å². The number of hydrogen-bond donors (Lipinski definition) is 1. The highest BCUT2D eigenvalue weighted by molar-refractivity contribution is 5.92. The van der Waals surface area contributed by atoms with Gasteiger partial charge in [0.25, 0.3) is 0 Å². The number of carbonyl (C=O) groups is 1. The molecule has 2 heterocycles. The number of carbonyl (C=O) groups excluding carboxylic acids is 1. The summed E-state index contributed by atoms with van der Waals surface area (Å²) in [6, 6.07) is 5.57. The van der Waals surface area contributed by atoms with E-state index in [0.29, 0.717) is 22.8 Å². The second kappa shape index (κ2) is 6.86. The SMILES string of the molecule is CC1=C(C(=O)OC2CCCCC2)[C@@H](c2ccccc2F)n2nnnc2N1. The number of ether oxygens (including phenoxy) is 1. The molecule has 26 heavy (non-hydrogen) atoms. The fourth-order valence-electron chi connectivity index (χ4n) is 3.66. The van der Waals surface area contributed by atoms with E-state index < -0.39 is 17.8 Å². The number of anilines is 1. The molecular weight excluding hydrogens is 337 g/mol. The van der Waals surface area contributed by atoms with Crippen molar-refractivity contribution in [2.75, 3.05) is 5.32 Å².